The van der Waals surface area contributed by atoms with E-state index in [0.717, 1.165) is 11.0 Å². The lowest BCUT2D eigenvalue weighted by Gasteiger charge is -2.41. The van der Waals surface area contributed by atoms with Gasteiger partial charge in [0.15, 0.2) is 0 Å². The molecule has 0 spiro atoms. The van der Waals surface area contributed by atoms with Crippen LogP contribution in [0.4, 0.5) is 8.78 Å². The minimum Gasteiger partial charge on any atom is -0.377 e. The van der Waals surface area contributed by atoms with E-state index >= 15 is 0 Å². The molecule has 0 saturated carbocycles. The van der Waals surface area contributed by atoms with Crippen molar-refractivity contribution in [3.05, 3.63) is 41.7 Å². The van der Waals surface area contributed by atoms with Crippen LogP contribution in [0.1, 0.15) is 11.6 Å². The number of aromatic nitrogens is 1. The molecule has 1 aromatic rings. The van der Waals surface area contributed by atoms with Crippen LogP contribution in [0.25, 0.3) is 0 Å². The van der Waals surface area contributed by atoms with Crippen molar-refractivity contribution in [3.63, 3.8) is 0 Å². The van der Waals surface area contributed by atoms with Gasteiger partial charge in [0.25, 0.3) is 6.43 Å². The van der Waals surface area contributed by atoms with Gasteiger partial charge in [-0.1, -0.05) is 18.2 Å². The lowest BCUT2D eigenvalue weighted by Crippen LogP contribution is -2.53. The number of rotatable bonds is 3. The quantitative estimate of drug-likeness (QED) is 0.636. The molecule has 4 nitrogen and oxygen atoms in total. The van der Waals surface area contributed by atoms with Gasteiger partial charge in [0.05, 0.1) is 19.3 Å². The second kappa shape index (κ2) is 6.28. The molecule has 1 saturated heterocycles. The first-order chi connectivity index (χ1) is 9.54. The molecule has 0 aliphatic carbocycles. The number of hydrogen-bond acceptors (Lipinski definition) is 3. The molecule has 2 atom stereocenters. The van der Waals surface area contributed by atoms with Crippen LogP contribution in [0.3, 0.4) is 0 Å². The average molecular weight is 303 g/mol. The van der Waals surface area contributed by atoms with Crippen molar-refractivity contribution in [2.24, 2.45) is 0 Å². The van der Waals surface area contributed by atoms with Crippen molar-refractivity contribution in [1.82, 2.24) is 9.88 Å². The molecule has 2 rings (SSSR count). The predicted molar refractivity (Wildman–Crippen MR) is 69.6 cm³/mol. The molecule has 0 bridgehead atoms. The van der Waals surface area contributed by atoms with Crippen molar-refractivity contribution >= 4 is 17.5 Å². The monoisotopic (exact) mass is 302 g/mol. The van der Waals surface area contributed by atoms with Crippen LogP contribution in [0.5, 0.6) is 0 Å². The fraction of sp³-hybridized carbons (Fsp3) is 0.385. The van der Waals surface area contributed by atoms with Crippen molar-refractivity contribution in [3.8, 4) is 0 Å². The summed E-state index contributed by atoms with van der Waals surface area (Å²) in [6.07, 6.45) is -0.213. The topological polar surface area (TPSA) is 42.4 Å². The third-order valence-corrected chi connectivity index (χ3v) is 3.32. The Bertz CT molecular complexity index is 513. The number of hydrogen-bond donors (Lipinski definition) is 0. The van der Waals surface area contributed by atoms with E-state index in [-0.39, 0.29) is 18.4 Å². The van der Waals surface area contributed by atoms with E-state index < -0.39 is 24.4 Å². The first kappa shape index (κ1) is 14.9. The highest BCUT2D eigenvalue weighted by Crippen LogP contribution is 2.30. The van der Waals surface area contributed by atoms with Crippen molar-refractivity contribution < 1.29 is 18.3 Å². The number of halogens is 3. The van der Waals surface area contributed by atoms with Crippen LogP contribution in [0.2, 0.25) is 5.15 Å². The molecule has 1 aliphatic heterocycles. The standard InChI is InChI=1S/C13H13ClF2N2O2/c1-2-12(19)18-9(6-20-7-10(18)13(15)16)8-3-4-17-11(14)5-8/h2-5,9-10,13H,1,6-7H2/t9-,10-/m0/s1. The van der Waals surface area contributed by atoms with Crippen molar-refractivity contribution in [2.75, 3.05) is 13.2 Å². The highest BCUT2D eigenvalue weighted by molar-refractivity contribution is 6.29. The third kappa shape index (κ3) is 2.96. The minimum atomic E-state index is -2.70. The summed E-state index contributed by atoms with van der Waals surface area (Å²) in [5, 5.41) is 0.229. The summed E-state index contributed by atoms with van der Waals surface area (Å²) in [6.45, 7) is 3.29. The summed E-state index contributed by atoms with van der Waals surface area (Å²) in [7, 11) is 0. The number of alkyl halides is 2. The van der Waals surface area contributed by atoms with E-state index in [4.69, 9.17) is 16.3 Å². The predicted octanol–water partition coefficient (Wildman–Crippen LogP) is 2.45. The van der Waals surface area contributed by atoms with Gasteiger partial charge in [0, 0.05) is 6.20 Å². The third-order valence-electron chi connectivity index (χ3n) is 3.11. The largest absolute Gasteiger partial charge is 0.377 e. The molecule has 0 aromatic carbocycles. The van der Waals surface area contributed by atoms with E-state index in [1.165, 1.54) is 12.3 Å². The molecule has 1 fully saturated rings. The maximum atomic E-state index is 13.1. The normalized spacial score (nSPS) is 22.9. The van der Waals surface area contributed by atoms with Gasteiger partial charge in [-0.15, -0.1) is 0 Å². The highest BCUT2D eigenvalue weighted by Gasteiger charge is 2.39. The Hall–Kier alpha value is -1.53. The van der Waals surface area contributed by atoms with Crippen LogP contribution in [0.15, 0.2) is 31.0 Å². The number of pyridine rings is 1. The number of carbonyl (C=O) groups is 1. The summed E-state index contributed by atoms with van der Waals surface area (Å²) >= 11 is 5.80. The van der Waals surface area contributed by atoms with Crippen LogP contribution < -0.4 is 0 Å². The van der Waals surface area contributed by atoms with Crippen molar-refractivity contribution in [1.29, 1.82) is 0 Å². The SMILES string of the molecule is C=CC(=O)N1[C@H](c2ccnc(Cl)c2)COC[C@H]1C(F)F. The molecular weight excluding hydrogens is 290 g/mol. The second-order valence-corrected chi connectivity index (χ2v) is 4.70. The Labute approximate surface area is 120 Å². The fourth-order valence-corrected chi connectivity index (χ4v) is 2.37. The molecule has 0 unspecified atom stereocenters. The number of carbonyl (C=O) groups excluding carboxylic acids is 1. The summed E-state index contributed by atoms with van der Waals surface area (Å²) < 4.78 is 31.4. The van der Waals surface area contributed by atoms with Gasteiger partial charge < -0.3 is 9.64 Å². The summed E-state index contributed by atoms with van der Waals surface area (Å²) in [5.41, 5.74) is 0.602. The average Bonchev–Trinajstić information content (AvgIpc) is 2.45. The Balaban J connectivity index is 2.38. The molecule has 108 valence electrons. The highest BCUT2D eigenvalue weighted by atomic mass is 35.5. The van der Waals surface area contributed by atoms with E-state index in [1.807, 2.05) is 0 Å². The van der Waals surface area contributed by atoms with E-state index in [1.54, 1.807) is 6.07 Å². The second-order valence-electron chi connectivity index (χ2n) is 4.32. The number of morpholine rings is 1. The molecule has 7 heteroatoms. The summed E-state index contributed by atoms with van der Waals surface area (Å²) in [6, 6.07) is 1.23. The molecule has 1 aliphatic rings. The van der Waals surface area contributed by atoms with Gasteiger partial charge in [-0.25, -0.2) is 13.8 Å². The Morgan fingerprint density at radius 2 is 2.35 bits per heavy atom. The maximum Gasteiger partial charge on any atom is 0.260 e. The van der Waals surface area contributed by atoms with Gasteiger partial charge in [0.1, 0.15) is 11.2 Å². The first-order valence-corrected chi connectivity index (χ1v) is 6.34. The van der Waals surface area contributed by atoms with Gasteiger partial charge in [-0.05, 0) is 23.8 Å². The number of amides is 1. The maximum absolute atomic E-state index is 13.1. The molecule has 20 heavy (non-hydrogen) atoms. The van der Waals surface area contributed by atoms with Gasteiger partial charge in [0.2, 0.25) is 5.91 Å². The van der Waals surface area contributed by atoms with Gasteiger partial charge >= 0.3 is 0 Å². The molecule has 2 heterocycles. The van der Waals surface area contributed by atoms with E-state index in [0.29, 0.717) is 5.56 Å². The van der Waals surface area contributed by atoms with Crippen molar-refractivity contribution in [2.45, 2.75) is 18.5 Å². The Morgan fingerprint density at radius 1 is 1.60 bits per heavy atom. The van der Waals surface area contributed by atoms with Crippen LogP contribution in [-0.4, -0.2) is 41.5 Å². The Morgan fingerprint density at radius 3 is 2.95 bits per heavy atom. The lowest BCUT2D eigenvalue weighted by molar-refractivity contribution is -0.151. The molecule has 0 radical (unpaired) electrons. The molecule has 0 N–H and O–H groups in total. The summed E-state index contributed by atoms with van der Waals surface area (Å²) in [5.74, 6) is -0.559. The number of ether oxygens (including phenoxy) is 1. The fourth-order valence-electron chi connectivity index (χ4n) is 2.19. The van der Waals surface area contributed by atoms with Gasteiger partial charge in [-0.2, -0.15) is 0 Å². The summed E-state index contributed by atoms with van der Waals surface area (Å²) in [4.78, 5) is 16.9. The van der Waals surface area contributed by atoms with Crippen LogP contribution in [-0.2, 0) is 9.53 Å². The Kier molecular flexibility index (Phi) is 4.67. The molecule has 1 aromatic heterocycles. The minimum absolute atomic E-state index is 0.128. The zero-order valence-electron chi connectivity index (χ0n) is 10.5. The van der Waals surface area contributed by atoms with E-state index in [2.05, 4.69) is 11.6 Å². The lowest BCUT2D eigenvalue weighted by atomic mass is 10.0. The first-order valence-electron chi connectivity index (χ1n) is 5.96. The van der Waals surface area contributed by atoms with Crippen LogP contribution in [0, 0.1) is 0 Å². The molecular formula is C13H13ClF2N2O2. The van der Waals surface area contributed by atoms with E-state index in [9.17, 15) is 13.6 Å². The van der Waals surface area contributed by atoms with Gasteiger partial charge in [-0.3, -0.25) is 4.79 Å². The zero-order valence-corrected chi connectivity index (χ0v) is 11.3. The van der Waals surface area contributed by atoms with Crippen LogP contribution >= 0.6 is 11.6 Å². The number of nitrogens with zero attached hydrogens (tertiary/aromatic N) is 2. The smallest absolute Gasteiger partial charge is 0.260 e. The molecule has 1 amide bonds. The zero-order chi connectivity index (χ0) is 14.7.